The number of fused-ring (bicyclic) bond motifs is 5. The first-order chi connectivity index (χ1) is 30.6. The summed E-state index contributed by atoms with van der Waals surface area (Å²) in [7, 11) is 0. The Bertz CT molecular complexity index is 3460. The Morgan fingerprint density at radius 3 is 1.63 bits per heavy atom. The topological polar surface area (TPSA) is 17.4 Å². The Hall–Kier alpha value is -8.21. The summed E-state index contributed by atoms with van der Waals surface area (Å²) in [4.78, 5) is 2.17. The molecular weight excluding hydrogens is 760 g/mol. The van der Waals surface area contributed by atoms with Gasteiger partial charge in [0.25, 0.3) is 0 Å². The molecular formula is C58H37FN2O. The Kier molecular flexibility index (Phi) is 8.36. The van der Waals surface area contributed by atoms with Crippen LogP contribution in [0.1, 0.15) is 0 Å². The Balaban J connectivity index is 0.851. The lowest BCUT2D eigenvalue weighted by Crippen LogP contribution is -2.09. The summed E-state index contributed by atoms with van der Waals surface area (Å²) in [6, 6.07) is 77.6. The quantitative estimate of drug-likeness (QED) is 0.160. The molecule has 10 aromatic carbocycles. The second-order valence-corrected chi connectivity index (χ2v) is 15.8. The van der Waals surface area contributed by atoms with E-state index in [1.165, 1.54) is 50.6 Å². The van der Waals surface area contributed by atoms with Gasteiger partial charge >= 0.3 is 0 Å². The van der Waals surface area contributed by atoms with Gasteiger partial charge in [-0.05, 0) is 135 Å². The number of anilines is 3. The molecule has 0 N–H and O–H groups in total. The molecule has 12 rings (SSSR count). The van der Waals surface area contributed by atoms with Crippen LogP contribution in [-0.2, 0) is 0 Å². The second-order valence-electron chi connectivity index (χ2n) is 15.8. The van der Waals surface area contributed by atoms with Gasteiger partial charge in [0.15, 0.2) is 0 Å². The van der Waals surface area contributed by atoms with Crippen LogP contribution in [0.2, 0.25) is 0 Å². The maximum Gasteiger partial charge on any atom is 0.135 e. The van der Waals surface area contributed by atoms with Crippen LogP contribution in [0.3, 0.4) is 0 Å². The molecule has 0 spiro atoms. The first-order valence-corrected chi connectivity index (χ1v) is 20.9. The van der Waals surface area contributed by atoms with Crippen LogP contribution >= 0.6 is 0 Å². The number of ether oxygens (including phenoxy) is 1. The van der Waals surface area contributed by atoms with Crippen LogP contribution in [0.15, 0.2) is 224 Å². The van der Waals surface area contributed by atoms with Gasteiger partial charge in [-0.1, -0.05) is 133 Å². The van der Waals surface area contributed by atoms with E-state index in [0.717, 1.165) is 72.8 Å². The van der Waals surface area contributed by atoms with Crippen molar-refractivity contribution in [1.29, 1.82) is 0 Å². The number of hydrogen-bond acceptors (Lipinski definition) is 2. The van der Waals surface area contributed by atoms with Crippen molar-refractivity contribution in [1.82, 2.24) is 4.57 Å². The highest BCUT2D eigenvalue weighted by molar-refractivity contribution is 6.11. The van der Waals surface area contributed by atoms with Crippen molar-refractivity contribution in [2.45, 2.75) is 0 Å². The van der Waals surface area contributed by atoms with Crippen molar-refractivity contribution < 1.29 is 9.13 Å². The highest BCUT2D eigenvalue weighted by Gasteiger charge is 2.22. The monoisotopic (exact) mass is 796 g/mol. The fourth-order valence-electron chi connectivity index (χ4n) is 9.32. The molecule has 0 radical (unpaired) electrons. The molecule has 0 aliphatic carbocycles. The van der Waals surface area contributed by atoms with Crippen molar-refractivity contribution in [3.63, 3.8) is 0 Å². The molecule has 1 aromatic heterocycles. The molecule has 0 atom stereocenters. The molecule has 4 heteroatoms. The molecule has 11 aromatic rings. The van der Waals surface area contributed by atoms with Gasteiger partial charge in [0, 0.05) is 44.5 Å². The number of para-hydroxylation sites is 3. The fraction of sp³-hybridized carbons (Fsp3) is 0. The van der Waals surface area contributed by atoms with Gasteiger partial charge in [-0.25, -0.2) is 4.39 Å². The molecule has 0 unspecified atom stereocenters. The van der Waals surface area contributed by atoms with Gasteiger partial charge in [0.2, 0.25) is 0 Å². The summed E-state index contributed by atoms with van der Waals surface area (Å²) in [6.07, 6.45) is 0. The maximum atomic E-state index is 14.2. The minimum atomic E-state index is -0.267. The normalized spacial score (nSPS) is 11.8. The molecule has 0 saturated carbocycles. The summed E-state index contributed by atoms with van der Waals surface area (Å²) >= 11 is 0. The summed E-state index contributed by atoms with van der Waals surface area (Å²) in [6.45, 7) is 0. The van der Waals surface area contributed by atoms with Crippen molar-refractivity contribution in [2.24, 2.45) is 0 Å². The predicted molar refractivity (Wildman–Crippen MR) is 255 cm³/mol. The van der Waals surface area contributed by atoms with Gasteiger partial charge < -0.3 is 14.2 Å². The van der Waals surface area contributed by atoms with Crippen LogP contribution in [-0.4, -0.2) is 4.57 Å². The Morgan fingerprint density at radius 2 is 0.887 bits per heavy atom. The zero-order chi connectivity index (χ0) is 41.1. The molecule has 3 nitrogen and oxygen atoms in total. The zero-order valence-corrected chi connectivity index (χ0v) is 33.5. The average molecular weight is 797 g/mol. The summed E-state index contributed by atoms with van der Waals surface area (Å²) < 4.78 is 22.9. The zero-order valence-electron chi connectivity index (χ0n) is 33.5. The number of aromatic nitrogens is 1. The summed E-state index contributed by atoms with van der Waals surface area (Å²) in [5.41, 5.74) is 15.5. The number of halogens is 1. The minimum absolute atomic E-state index is 0.267. The third kappa shape index (κ3) is 5.95. The van der Waals surface area contributed by atoms with Crippen LogP contribution in [0.5, 0.6) is 11.5 Å². The third-order valence-electron chi connectivity index (χ3n) is 12.3. The van der Waals surface area contributed by atoms with E-state index in [-0.39, 0.29) is 5.82 Å². The van der Waals surface area contributed by atoms with Crippen LogP contribution in [0, 0.1) is 5.82 Å². The highest BCUT2D eigenvalue weighted by atomic mass is 19.1. The van der Waals surface area contributed by atoms with E-state index in [0.29, 0.717) is 0 Å². The van der Waals surface area contributed by atoms with Crippen molar-refractivity contribution in [3.8, 4) is 61.7 Å². The van der Waals surface area contributed by atoms with E-state index in [1.807, 2.05) is 30.3 Å². The van der Waals surface area contributed by atoms with E-state index >= 15 is 0 Å². The Labute approximate surface area is 358 Å². The van der Waals surface area contributed by atoms with E-state index in [9.17, 15) is 4.39 Å². The molecule has 1 aliphatic rings. The molecule has 62 heavy (non-hydrogen) atoms. The molecule has 0 fully saturated rings. The van der Waals surface area contributed by atoms with Crippen LogP contribution in [0.25, 0.3) is 82.8 Å². The molecule has 0 saturated heterocycles. The number of hydrogen-bond donors (Lipinski definition) is 0. The smallest absolute Gasteiger partial charge is 0.135 e. The van der Waals surface area contributed by atoms with E-state index < -0.39 is 0 Å². The molecule has 0 amide bonds. The number of rotatable bonds is 7. The van der Waals surface area contributed by atoms with Crippen molar-refractivity contribution in [3.05, 3.63) is 230 Å². The lowest BCUT2D eigenvalue weighted by atomic mass is 9.90. The lowest BCUT2D eigenvalue weighted by Gasteiger charge is -2.26. The van der Waals surface area contributed by atoms with Gasteiger partial charge in [-0.3, -0.25) is 0 Å². The maximum absolute atomic E-state index is 14.2. The van der Waals surface area contributed by atoms with E-state index in [1.54, 1.807) is 0 Å². The molecule has 0 bridgehead atoms. The van der Waals surface area contributed by atoms with Crippen LogP contribution < -0.4 is 9.64 Å². The summed E-state index contributed by atoms with van der Waals surface area (Å²) in [5.74, 6) is 1.49. The lowest BCUT2D eigenvalue weighted by molar-refractivity contribution is 0.487. The van der Waals surface area contributed by atoms with Gasteiger partial charge in [-0.2, -0.15) is 0 Å². The molecule has 1 aliphatic heterocycles. The standard InChI is InChI=1S/C58H37FN2O/c59-43-26-32-47(33-27-43)60(46-30-23-41(24-31-46)48-34-35-52-50-12-5-7-15-56(50)62-57-16-8-13-51(48)58(52)57)45-28-21-39(22-29-45)38-17-19-40(20-18-38)42-25-36-55-53(37-42)49-11-4-6-14-54(49)61(55)44-9-2-1-3-10-44/h1-37H. The highest BCUT2D eigenvalue weighted by Crippen LogP contribution is 2.49. The van der Waals surface area contributed by atoms with Gasteiger partial charge in [-0.15, -0.1) is 0 Å². The number of nitrogens with zero attached hydrogens (tertiary/aromatic N) is 2. The van der Waals surface area contributed by atoms with Crippen molar-refractivity contribution in [2.75, 3.05) is 4.90 Å². The van der Waals surface area contributed by atoms with E-state index in [4.69, 9.17) is 4.74 Å². The first kappa shape index (κ1) is 35.7. The van der Waals surface area contributed by atoms with Crippen LogP contribution in [0.4, 0.5) is 21.5 Å². The van der Waals surface area contributed by atoms with Gasteiger partial charge in [0.05, 0.1) is 11.0 Å². The van der Waals surface area contributed by atoms with Crippen molar-refractivity contribution >= 4 is 49.6 Å². The van der Waals surface area contributed by atoms with E-state index in [2.05, 4.69) is 191 Å². The fourth-order valence-corrected chi connectivity index (χ4v) is 9.32. The minimum Gasteiger partial charge on any atom is -0.456 e. The predicted octanol–water partition coefficient (Wildman–Crippen LogP) is 16.3. The third-order valence-corrected chi connectivity index (χ3v) is 12.3. The molecule has 2 heterocycles. The summed E-state index contributed by atoms with van der Waals surface area (Å²) in [5, 5.41) is 4.75. The second kappa shape index (κ2) is 14.5. The first-order valence-electron chi connectivity index (χ1n) is 20.9. The Morgan fingerprint density at radius 1 is 0.355 bits per heavy atom. The van der Waals surface area contributed by atoms with Gasteiger partial charge in [0.1, 0.15) is 17.3 Å². The number of benzene rings is 10. The average Bonchev–Trinajstić information content (AvgIpc) is 3.67. The largest absolute Gasteiger partial charge is 0.456 e. The SMILES string of the molecule is Fc1ccc(N(c2ccc(-c3ccc(-c4ccc5c(c4)c4ccccc4n5-c4ccccc4)cc3)cc2)c2ccc(-c3ccc4c5c(cccc35)Oc3ccccc3-4)cc2)cc1. The molecule has 292 valence electrons.